The molecule has 1 saturated heterocycles. The van der Waals surface area contributed by atoms with Gasteiger partial charge in [0.1, 0.15) is 5.82 Å². The van der Waals surface area contributed by atoms with Crippen LogP contribution >= 0.6 is 0 Å². The van der Waals surface area contributed by atoms with Crippen molar-refractivity contribution in [2.75, 3.05) is 13.2 Å². The van der Waals surface area contributed by atoms with Crippen LogP contribution in [0.5, 0.6) is 0 Å². The minimum atomic E-state index is -4.14. The molecule has 2 aromatic carbocycles. The summed E-state index contributed by atoms with van der Waals surface area (Å²) in [4.78, 5) is 8.36. The molecule has 1 aliphatic heterocycles. The van der Waals surface area contributed by atoms with E-state index in [0.29, 0.717) is 18.8 Å². The normalized spacial score (nSPS) is 21.0. The van der Waals surface area contributed by atoms with E-state index >= 15 is 0 Å². The Morgan fingerprint density at radius 3 is 2.32 bits per heavy atom. The summed E-state index contributed by atoms with van der Waals surface area (Å²) < 4.78 is 61.5. The zero-order valence-electron chi connectivity index (χ0n) is 18.8. The molecule has 1 aliphatic carbocycles. The Morgan fingerprint density at radius 1 is 1.06 bits per heavy atom. The van der Waals surface area contributed by atoms with Crippen LogP contribution in [0.2, 0.25) is 0 Å². The van der Waals surface area contributed by atoms with Crippen LogP contribution in [0.3, 0.4) is 0 Å². The lowest BCUT2D eigenvalue weighted by atomic mass is 9.69. The van der Waals surface area contributed by atoms with Crippen molar-refractivity contribution in [3.8, 4) is 5.69 Å². The number of alkyl halides is 3. The zero-order chi connectivity index (χ0) is 24.5. The number of hydrogen-bond donors (Lipinski definition) is 1. The summed E-state index contributed by atoms with van der Waals surface area (Å²) in [6.07, 6.45) is -2.20. The molecule has 1 N–H and O–H groups in total. The van der Waals surface area contributed by atoms with Crippen molar-refractivity contribution in [3.63, 3.8) is 0 Å². The van der Waals surface area contributed by atoms with Gasteiger partial charge >= 0.3 is 6.18 Å². The molecule has 2 heterocycles. The first-order valence-electron chi connectivity index (χ1n) is 11.4. The highest BCUT2D eigenvalue weighted by Gasteiger charge is 2.49. The predicted octanol–water partition coefficient (Wildman–Crippen LogP) is 6.73. The highest BCUT2D eigenvalue weighted by Crippen LogP contribution is 2.54. The average Bonchev–Trinajstić information content (AvgIpc) is 3.10. The molecule has 3 aromatic rings. The Hall–Kier alpha value is -2.87. The van der Waals surface area contributed by atoms with Gasteiger partial charge in [-0.25, -0.2) is 4.39 Å². The van der Waals surface area contributed by atoms with Crippen molar-refractivity contribution in [1.82, 2.24) is 4.57 Å². The van der Waals surface area contributed by atoms with Gasteiger partial charge in [-0.2, -0.15) is 13.2 Å². The van der Waals surface area contributed by atoms with Gasteiger partial charge in [-0.05, 0) is 73.9 Å². The molecule has 8 heteroatoms. The van der Waals surface area contributed by atoms with Gasteiger partial charge in [-0.3, -0.25) is 4.79 Å². The summed E-state index contributed by atoms with van der Waals surface area (Å²) in [7, 11) is 0. The van der Waals surface area contributed by atoms with Crippen molar-refractivity contribution >= 4 is 17.4 Å². The first kappa shape index (κ1) is 24.3. The van der Waals surface area contributed by atoms with Gasteiger partial charge < -0.3 is 14.4 Å². The van der Waals surface area contributed by atoms with E-state index in [1.165, 1.54) is 6.07 Å². The van der Waals surface area contributed by atoms with E-state index in [4.69, 9.17) is 14.6 Å². The van der Waals surface area contributed by atoms with Gasteiger partial charge in [0, 0.05) is 35.9 Å². The van der Waals surface area contributed by atoms with E-state index < -0.39 is 12.1 Å². The van der Waals surface area contributed by atoms with Crippen LogP contribution in [0, 0.1) is 18.7 Å². The van der Waals surface area contributed by atoms with Crippen molar-refractivity contribution in [1.29, 1.82) is 0 Å². The molecule has 2 fully saturated rings. The van der Waals surface area contributed by atoms with Crippen LogP contribution in [0.1, 0.15) is 54.3 Å². The minimum Gasteiger partial charge on any atom is -0.483 e. The lowest BCUT2D eigenvalue weighted by molar-refractivity contribution is -0.197. The van der Waals surface area contributed by atoms with E-state index in [0.717, 1.165) is 40.7 Å². The Kier molecular flexibility index (Phi) is 6.98. The number of aromatic nitrogens is 1. The molecule has 1 aromatic heterocycles. The van der Waals surface area contributed by atoms with E-state index in [1.807, 2.05) is 30.3 Å². The van der Waals surface area contributed by atoms with Crippen molar-refractivity contribution in [2.45, 2.75) is 50.6 Å². The molecule has 0 spiro atoms. The largest absolute Gasteiger partial charge is 0.483 e. The van der Waals surface area contributed by atoms with Gasteiger partial charge in [-0.15, -0.1) is 0 Å². The average molecular weight is 477 g/mol. The molecule has 5 rings (SSSR count). The molecule has 4 nitrogen and oxygen atoms in total. The molecule has 0 atom stereocenters. The minimum absolute atomic E-state index is 0.114. The summed E-state index contributed by atoms with van der Waals surface area (Å²) in [6, 6.07) is 13.0. The predicted molar refractivity (Wildman–Crippen MR) is 121 cm³/mol. The van der Waals surface area contributed by atoms with Crippen molar-refractivity contribution in [2.24, 2.45) is 5.92 Å². The number of carboxylic acid groups (broad SMARTS) is 1. The number of rotatable bonds is 3. The second-order valence-electron chi connectivity index (χ2n) is 8.98. The number of aryl methyl sites for hydroxylation is 1. The summed E-state index contributed by atoms with van der Waals surface area (Å²) in [6.45, 7) is 2.77. The van der Waals surface area contributed by atoms with E-state index in [9.17, 15) is 17.6 Å². The fourth-order valence-electron chi connectivity index (χ4n) is 5.25. The number of halogens is 4. The second kappa shape index (κ2) is 9.78. The monoisotopic (exact) mass is 477 g/mol. The number of ether oxygens (including phenoxy) is 1. The molecule has 34 heavy (non-hydrogen) atoms. The van der Waals surface area contributed by atoms with Crippen LogP contribution in [-0.4, -0.2) is 35.5 Å². The highest BCUT2D eigenvalue weighted by atomic mass is 19.4. The van der Waals surface area contributed by atoms with Crippen molar-refractivity contribution < 1.29 is 32.2 Å². The molecule has 0 amide bonds. The standard InChI is InChI=1S/C25H25F4NO.CH2O2/c1-15-12-19(6-7-21(15)26)30-22-5-3-2-4-20(22)23(17-13-18(14-17)25(27,28)29)24(30)16-8-10-31-11-9-16;2-1-3/h2-7,12,16-18H,8-11,13-14H2,1H3;1H,(H,2,3). The highest BCUT2D eigenvalue weighted by molar-refractivity contribution is 5.88. The van der Waals surface area contributed by atoms with E-state index in [2.05, 4.69) is 4.57 Å². The number of benzene rings is 2. The molecule has 0 radical (unpaired) electrons. The van der Waals surface area contributed by atoms with E-state index in [-0.39, 0.29) is 37.0 Å². The Labute approximate surface area is 195 Å². The molecule has 182 valence electrons. The van der Waals surface area contributed by atoms with Crippen molar-refractivity contribution in [3.05, 3.63) is 65.1 Å². The molecular weight excluding hydrogens is 450 g/mol. The molecular formula is C26H27F4NO3. The molecule has 1 saturated carbocycles. The number of carbonyl (C=O) groups is 1. The van der Waals surface area contributed by atoms with Gasteiger partial charge in [0.05, 0.1) is 11.4 Å². The topological polar surface area (TPSA) is 51.5 Å². The summed E-state index contributed by atoms with van der Waals surface area (Å²) >= 11 is 0. The second-order valence-corrected chi connectivity index (χ2v) is 8.98. The quantitative estimate of drug-likeness (QED) is 0.336. The third-order valence-corrected chi connectivity index (χ3v) is 6.97. The fourth-order valence-corrected chi connectivity index (χ4v) is 5.25. The number of hydrogen-bond acceptors (Lipinski definition) is 2. The first-order chi connectivity index (χ1) is 16.3. The van der Waals surface area contributed by atoms with Gasteiger partial charge in [0.2, 0.25) is 0 Å². The Balaban J connectivity index is 0.000000868. The van der Waals surface area contributed by atoms with Gasteiger partial charge in [0.15, 0.2) is 0 Å². The third kappa shape index (κ3) is 4.56. The van der Waals surface area contributed by atoms with Gasteiger partial charge in [0.25, 0.3) is 6.47 Å². The Bertz CT molecular complexity index is 1160. The van der Waals surface area contributed by atoms with E-state index in [1.54, 1.807) is 13.0 Å². The Morgan fingerprint density at radius 2 is 1.71 bits per heavy atom. The maximum absolute atomic E-state index is 14.0. The molecule has 0 bridgehead atoms. The lowest BCUT2D eigenvalue weighted by Crippen LogP contribution is -2.35. The van der Waals surface area contributed by atoms with Gasteiger partial charge in [-0.1, -0.05) is 18.2 Å². The lowest BCUT2D eigenvalue weighted by Gasteiger charge is -2.38. The number of nitrogens with zero attached hydrogens (tertiary/aromatic N) is 1. The third-order valence-electron chi connectivity index (χ3n) is 6.97. The van der Waals surface area contributed by atoms with Crippen LogP contribution in [-0.2, 0) is 9.53 Å². The summed E-state index contributed by atoms with van der Waals surface area (Å²) in [5, 5.41) is 7.90. The first-order valence-corrected chi connectivity index (χ1v) is 11.4. The zero-order valence-corrected chi connectivity index (χ0v) is 18.8. The van der Waals surface area contributed by atoms with Crippen LogP contribution in [0.25, 0.3) is 16.6 Å². The van der Waals surface area contributed by atoms with Crippen LogP contribution in [0.15, 0.2) is 42.5 Å². The number of para-hydroxylation sites is 1. The SMILES string of the molecule is Cc1cc(-n2c(C3CCOCC3)c(C3CC(C(F)(F)F)C3)c3ccccc32)ccc1F.O=CO. The molecule has 0 unspecified atom stereocenters. The summed E-state index contributed by atoms with van der Waals surface area (Å²) in [5.41, 5.74) is 4.51. The molecule has 2 aliphatic rings. The maximum atomic E-state index is 14.0. The van der Waals surface area contributed by atoms with Crippen LogP contribution < -0.4 is 0 Å². The van der Waals surface area contributed by atoms with Crippen LogP contribution in [0.4, 0.5) is 17.6 Å². The maximum Gasteiger partial charge on any atom is 0.391 e. The smallest absolute Gasteiger partial charge is 0.391 e. The number of fused-ring (bicyclic) bond motifs is 1. The fraction of sp³-hybridized carbons (Fsp3) is 0.423. The summed E-state index contributed by atoms with van der Waals surface area (Å²) in [5.74, 6) is -1.40.